The monoisotopic (exact) mass is 290 g/mol. The van der Waals surface area contributed by atoms with E-state index in [-0.39, 0.29) is 17.9 Å². The molecule has 1 aromatic heterocycles. The number of nitrogens with zero attached hydrogens (tertiary/aromatic N) is 2. The minimum Gasteiger partial charge on any atom is -0.488 e. The molecule has 21 heavy (non-hydrogen) atoms. The van der Waals surface area contributed by atoms with E-state index in [2.05, 4.69) is 9.97 Å². The molecule has 0 spiro atoms. The largest absolute Gasteiger partial charge is 0.488 e. The molecule has 0 fully saturated rings. The summed E-state index contributed by atoms with van der Waals surface area (Å²) in [7, 11) is 1.47. The summed E-state index contributed by atoms with van der Waals surface area (Å²) in [6.07, 6.45) is 0.426. The Morgan fingerprint density at radius 1 is 1.38 bits per heavy atom. The zero-order valence-electron chi connectivity index (χ0n) is 11.5. The molecule has 0 amide bonds. The lowest BCUT2D eigenvalue weighted by Gasteiger charge is -2.11. The van der Waals surface area contributed by atoms with Gasteiger partial charge in [-0.3, -0.25) is 0 Å². The van der Waals surface area contributed by atoms with Crippen molar-refractivity contribution in [3.05, 3.63) is 29.6 Å². The predicted molar refractivity (Wildman–Crippen MR) is 75.6 cm³/mol. The number of rotatable bonds is 3. The third-order valence-corrected chi connectivity index (χ3v) is 3.33. The van der Waals surface area contributed by atoms with Crippen LogP contribution in [0.15, 0.2) is 18.2 Å². The topological polar surface area (TPSA) is 96.3 Å². The normalized spacial score (nSPS) is 16.4. The number of aromatic nitrogens is 2. The van der Waals surface area contributed by atoms with E-state index in [0.717, 1.165) is 5.56 Å². The van der Waals surface area contributed by atoms with Crippen LogP contribution < -0.4 is 20.9 Å². The molecule has 2 heterocycles. The molecule has 0 aliphatic carbocycles. The zero-order chi connectivity index (χ0) is 15.0. The quantitative estimate of drug-likeness (QED) is 0.880. The molecule has 1 atom stereocenters. The molecule has 0 saturated carbocycles. The summed E-state index contributed by atoms with van der Waals surface area (Å²) >= 11 is 0. The number of anilines is 1. The van der Waals surface area contributed by atoms with Crippen LogP contribution in [0.1, 0.15) is 5.56 Å². The summed E-state index contributed by atoms with van der Waals surface area (Å²) in [5.41, 5.74) is 13.0. The van der Waals surface area contributed by atoms with Gasteiger partial charge in [0.15, 0.2) is 0 Å². The molecule has 2 aromatic rings. The van der Waals surface area contributed by atoms with Gasteiger partial charge < -0.3 is 20.9 Å². The number of hydrogen-bond acceptors (Lipinski definition) is 6. The number of methoxy groups -OCH3 is 1. The fraction of sp³-hybridized carbons (Fsp3) is 0.286. The fourth-order valence-corrected chi connectivity index (χ4v) is 2.40. The highest BCUT2D eigenvalue weighted by Gasteiger charge is 2.26. The Kier molecular flexibility index (Phi) is 3.34. The van der Waals surface area contributed by atoms with Crippen molar-refractivity contribution >= 4 is 5.95 Å². The molecule has 0 radical (unpaired) electrons. The average Bonchev–Trinajstić information content (AvgIpc) is 2.88. The summed E-state index contributed by atoms with van der Waals surface area (Å²) in [5.74, 6) is 0.591. The van der Waals surface area contributed by atoms with Gasteiger partial charge in [-0.25, -0.2) is 9.37 Å². The first-order valence-electron chi connectivity index (χ1n) is 6.48. The molecule has 4 N–H and O–H groups in total. The van der Waals surface area contributed by atoms with Crippen LogP contribution in [-0.2, 0) is 6.42 Å². The van der Waals surface area contributed by atoms with Crippen molar-refractivity contribution in [2.45, 2.75) is 12.5 Å². The molecule has 3 rings (SSSR count). The maximum absolute atomic E-state index is 13.8. The van der Waals surface area contributed by atoms with Crippen LogP contribution in [0, 0.1) is 5.82 Å². The van der Waals surface area contributed by atoms with Gasteiger partial charge in [-0.05, 0) is 12.1 Å². The second-order valence-corrected chi connectivity index (χ2v) is 4.78. The molecule has 0 saturated heterocycles. The van der Waals surface area contributed by atoms with E-state index < -0.39 is 0 Å². The molecule has 1 aromatic carbocycles. The lowest BCUT2D eigenvalue weighted by atomic mass is 10.0. The van der Waals surface area contributed by atoms with Crippen LogP contribution in [-0.4, -0.2) is 29.7 Å². The van der Waals surface area contributed by atoms with Crippen molar-refractivity contribution in [3.63, 3.8) is 0 Å². The number of ether oxygens (including phenoxy) is 2. The molecule has 1 aliphatic heterocycles. The molecule has 7 heteroatoms. The number of nitrogens with two attached hydrogens (primary N) is 2. The fourth-order valence-electron chi connectivity index (χ4n) is 2.40. The highest BCUT2D eigenvalue weighted by molar-refractivity contribution is 5.71. The Labute approximate surface area is 120 Å². The summed E-state index contributed by atoms with van der Waals surface area (Å²) in [5, 5.41) is 0. The van der Waals surface area contributed by atoms with Crippen molar-refractivity contribution in [2.24, 2.45) is 5.73 Å². The molecule has 6 nitrogen and oxygen atoms in total. The number of hydrogen-bond donors (Lipinski definition) is 2. The molecule has 110 valence electrons. The predicted octanol–water partition coefficient (Wildman–Crippen LogP) is 1.14. The van der Waals surface area contributed by atoms with Crippen LogP contribution in [0.2, 0.25) is 0 Å². The van der Waals surface area contributed by atoms with Gasteiger partial charge in [-0.2, -0.15) is 4.98 Å². The third-order valence-electron chi connectivity index (χ3n) is 3.33. The highest BCUT2D eigenvalue weighted by atomic mass is 19.1. The smallest absolute Gasteiger partial charge is 0.223 e. The summed E-state index contributed by atoms with van der Waals surface area (Å²) in [4.78, 5) is 8.05. The second-order valence-electron chi connectivity index (χ2n) is 4.78. The van der Waals surface area contributed by atoms with Crippen molar-refractivity contribution in [3.8, 4) is 22.9 Å². The molecule has 1 unspecified atom stereocenters. The number of benzene rings is 1. The standard InChI is InChI=1S/C14H15FN4O2/c1-20-12-5-11(18-14(17)19-12)10-4-8(15)2-7-3-9(6-16)21-13(7)10/h2,4-5,9H,3,6,16H2,1H3,(H2,17,18,19). The van der Waals surface area contributed by atoms with Crippen LogP contribution in [0.25, 0.3) is 11.3 Å². The van der Waals surface area contributed by atoms with Gasteiger partial charge in [0, 0.05) is 30.2 Å². The first-order valence-corrected chi connectivity index (χ1v) is 6.48. The summed E-state index contributed by atoms with van der Waals surface area (Å²) in [6.45, 7) is 0.366. The SMILES string of the molecule is COc1cc(-c2cc(F)cc3c2OC(CN)C3)nc(N)n1. The van der Waals surface area contributed by atoms with E-state index in [1.54, 1.807) is 6.07 Å². The van der Waals surface area contributed by atoms with Crippen molar-refractivity contribution < 1.29 is 13.9 Å². The Hall–Kier alpha value is -2.41. The Balaban J connectivity index is 2.14. The minimum atomic E-state index is -0.360. The summed E-state index contributed by atoms with van der Waals surface area (Å²) in [6, 6.07) is 4.40. The maximum Gasteiger partial charge on any atom is 0.223 e. The zero-order valence-corrected chi connectivity index (χ0v) is 11.5. The van der Waals surface area contributed by atoms with Gasteiger partial charge in [-0.15, -0.1) is 0 Å². The van der Waals surface area contributed by atoms with E-state index in [0.29, 0.717) is 35.9 Å². The Morgan fingerprint density at radius 3 is 2.90 bits per heavy atom. The first-order chi connectivity index (χ1) is 10.1. The van der Waals surface area contributed by atoms with Crippen molar-refractivity contribution in [2.75, 3.05) is 19.4 Å². The lowest BCUT2D eigenvalue weighted by Crippen LogP contribution is -2.24. The number of fused-ring (bicyclic) bond motifs is 1. The summed E-state index contributed by atoms with van der Waals surface area (Å²) < 4.78 is 24.7. The third kappa shape index (κ3) is 2.47. The maximum atomic E-state index is 13.8. The molecular weight excluding hydrogens is 275 g/mol. The van der Waals surface area contributed by atoms with Gasteiger partial charge in [0.2, 0.25) is 11.8 Å². The van der Waals surface area contributed by atoms with Gasteiger partial charge in [0.05, 0.1) is 12.8 Å². The molecular formula is C14H15FN4O2. The Morgan fingerprint density at radius 2 is 2.19 bits per heavy atom. The van der Waals surface area contributed by atoms with Crippen LogP contribution in [0.4, 0.5) is 10.3 Å². The van der Waals surface area contributed by atoms with Crippen LogP contribution in [0.5, 0.6) is 11.6 Å². The van der Waals surface area contributed by atoms with Gasteiger partial charge in [0.1, 0.15) is 17.7 Å². The second kappa shape index (κ2) is 5.17. The lowest BCUT2D eigenvalue weighted by molar-refractivity contribution is 0.242. The average molecular weight is 290 g/mol. The van der Waals surface area contributed by atoms with Gasteiger partial charge in [0.25, 0.3) is 0 Å². The highest BCUT2D eigenvalue weighted by Crippen LogP contribution is 2.39. The van der Waals surface area contributed by atoms with E-state index in [9.17, 15) is 4.39 Å². The number of halogens is 1. The van der Waals surface area contributed by atoms with Crippen LogP contribution in [0.3, 0.4) is 0 Å². The van der Waals surface area contributed by atoms with E-state index in [1.165, 1.54) is 19.2 Å². The van der Waals surface area contributed by atoms with Crippen molar-refractivity contribution in [1.29, 1.82) is 0 Å². The molecule has 1 aliphatic rings. The first kappa shape index (κ1) is 13.6. The van der Waals surface area contributed by atoms with E-state index >= 15 is 0 Å². The van der Waals surface area contributed by atoms with Gasteiger partial charge >= 0.3 is 0 Å². The van der Waals surface area contributed by atoms with Crippen molar-refractivity contribution in [1.82, 2.24) is 9.97 Å². The molecule has 0 bridgehead atoms. The van der Waals surface area contributed by atoms with Crippen LogP contribution >= 0.6 is 0 Å². The number of nitrogen functional groups attached to an aromatic ring is 1. The Bertz CT molecular complexity index is 693. The van der Waals surface area contributed by atoms with Gasteiger partial charge in [-0.1, -0.05) is 0 Å². The van der Waals surface area contributed by atoms with E-state index in [1.807, 2.05) is 0 Å². The van der Waals surface area contributed by atoms with E-state index in [4.69, 9.17) is 20.9 Å². The minimum absolute atomic E-state index is 0.0516.